The van der Waals surface area contributed by atoms with Gasteiger partial charge in [-0.05, 0) is 19.1 Å². The zero-order valence-corrected chi connectivity index (χ0v) is 10.3. The van der Waals surface area contributed by atoms with Crippen LogP contribution in [0.5, 0.6) is 0 Å². The lowest BCUT2D eigenvalue weighted by Gasteiger charge is -2.07. The molecule has 17 heavy (non-hydrogen) atoms. The van der Waals surface area contributed by atoms with Gasteiger partial charge < -0.3 is 9.67 Å². The summed E-state index contributed by atoms with van der Waals surface area (Å²) in [5.41, 5.74) is 1.77. The lowest BCUT2D eigenvalue weighted by Crippen LogP contribution is -2.11. The number of rotatable bonds is 3. The topological polar surface area (TPSA) is 60.0 Å². The van der Waals surface area contributed by atoms with Crippen LogP contribution in [0.25, 0.3) is 0 Å². The van der Waals surface area contributed by atoms with Gasteiger partial charge in [0.2, 0.25) is 0 Å². The second kappa shape index (κ2) is 4.25. The summed E-state index contributed by atoms with van der Waals surface area (Å²) in [6.45, 7) is 2.21. The van der Waals surface area contributed by atoms with Gasteiger partial charge in [0.1, 0.15) is 5.69 Å². The molecule has 0 saturated carbocycles. The number of hydrogen-bond acceptors (Lipinski definition) is 2. The molecule has 90 valence electrons. The average Bonchev–Trinajstić information content (AvgIpc) is 2.80. The van der Waals surface area contributed by atoms with Crippen LogP contribution in [0.15, 0.2) is 18.3 Å². The van der Waals surface area contributed by atoms with E-state index in [4.69, 9.17) is 16.7 Å². The third kappa shape index (κ3) is 2.06. The fourth-order valence-electron chi connectivity index (χ4n) is 1.76. The van der Waals surface area contributed by atoms with E-state index in [1.807, 2.05) is 6.92 Å². The number of carboxylic acid groups (broad SMARTS) is 1. The first kappa shape index (κ1) is 11.7. The number of hydrogen-bond donors (Lipinski definition) is 1. The van der Waals surface area contributed by atoms with Crippen LogP contribution in [0.2, 0.25) is 5.02 Å². The molecule has 0 atom stereocenters. The Morgan fingerprint density at radius 1 is 1.59 bits per heavy atom. The fraction of sp³-hybridized carbons (Fsp3) is 0.273. The maximum absolute atomic E-state index is 11.0. The zero-order chi connectivity index (χ0) is 12.6. The molecule has 0 amide bonds. The first-order valence-electron chi connectivity index (χ1n) is 5.07. The fourth-order valence-corrected chi connectivity index (χ4v) is 1.98. The maximum Gasteiger partial charge on any atom is 0.352 e. The number of halogens is 1. The van der Waals surface area contributed by atoms with Crippen molar-refractivity contribution in [2.24, 2.45) is 7.05 Å². The number of aromatic nitrogens is 3. The minimum absolute atomic E-state index is 0.236. The van der Waals surface area contributed by atoms with Crippen molar-refractivity contribution in [3.05, 3.63) is 40.4 Å². The Hall–Kier alpha value is -1.75. The predicted molar refractivity (Wildman–Crippen MR) is 63.4 cm³/mol. The quantitative estimate of drug-likeness (QED) is 0.909. The summed E-state index contributed by atoms with van der Waals surface area (Å²) in [7, 11) is 1.79. The molecule has 6 heteroatoms. The van der Waals surface area contributed by atoms with E-state index in [1.165, 1.54) is 0 Å². The molecule has 0 aliphatic carbocycles. The van der Waals surface area contributed by atoms with E-state index in [0.29, 0.717) is 11.6 Å². The highest BCUT2D eigenvalue weighted by molar-refractivity contribution is 6.31. The molecule has 5 nitrogen and oxygen atoms in total. The molecule has 0 spiro atoms. The molecule has 0 unspecified atom stereocenters. The van der Waals surface area contributed by atoms with Gasteiger partial charge in [0.25, 0.3) is 0 Å². The van der Waals surface area contributed by atoms with Crippen molar-refractivity contribution < 1.29 is 9.90 Å². The van der Waals surface area contributed by atoms with Crippen LogP contribution in [0.1, 0.15) is 21.9 Å². The monoisotopic (exact) mass is 253 g/mol. The molecule has 0 saturated heterocycles. The summed E-state index contributed by atoms with van der Waals surface area (Å²) < 4.78 is 3.30. The number of carbonyl (C=O) groups is 1. The van der Waals surface area contributed by atoms with Crippen molar-refractivity contribution >= 4 is 17.6 Å². The smallest absolute Gasteiger partial charge is 0.352 e. The van der Waals surface area contributed by atoms with E-state index < -0.39 is 5.97 Å². The van der Waals surface area contributed by atoms with Crippen LogP contribution in [-0.4, -0.2) is 25.4 Å². The van der Waals surface area contributed by atoms with Gasteiger partial charge in [0, 0.05) is 13.2 Å². The van der Waals surface area contributed by atoms with Crippen LogP contribution in [-0.2, 0) is 13.6 Å². The number of carboxylic acids is 1. The van der Waals surface area contributed by atoms with E-state index in [-0.39, 0.29) is 5.69 Å². The lowest BCUT2D eigenvalue weighted by molar-refractivity contribution is 0.0685. The van der Waals surface area contributed by atoms with Gasteiger partial charge in [-0.3, -0.25) is 4.68 Å². The molecule has 0 fully saturated rings. The van der Waals surface area contributed by atoms with Crippen LogP contribution in [0.4, 0.5) is 0 Å². The second-order valence-corrected chi connectivity index (χ2v) is 4.17. The first-order chi connectivity index (χ1) is 8.00. The highest BCUT2D eigenvalue weighted by Crippen LogP contribution is 2.21. The van der Waals surface area contributed by atoms with Gasteiger partial charge in [0.05, 0.1) is 23.0 Å². The third-order valence-electron chi connectivity index (χ3n) is 2.63. The molecule has 2 aromatic rings. The van der Waals surface area contributed by atoms with Crippen molar-refractivity contribution in [3.8, 4) is 0 Å². The van der Waals surface area contributed by atoms with Crippen molar-refractivity contribution in [2.45, 2.75) is 13.5 Å². The molecule has 0 aromatic carbocycles. The Labute approximate surface area is 103 Å². The van der Waals surface area contributed by atoms with Crippen LogP contribution >= 0.6 is 11.6 Å². The number of aromatic carboxylic acids is 1. The molecule has 1 N–H and O–H groups in total. The highest BCUT2D eigenvalue weighted by atomic mass is 35.5. The highest BCUT2D eigenvalue weighted by Gasteiger charge is 2.14. The van der Waals surface area contributed by atoms with Crippen LogP contribution in [0, 0.1) is 6.92 Å². The van der Waals surface area contributed by atoms with Gasteiger partial charge in [-0.1, -0.05) is 11.6 Å². The zero-order valence-electron chi connectivity index (χ0n) is 9.51. The third-order valence-corrected chi connectivity index (χ3v) is 3.12. The van der Waals surface area contributed by atoms with E-state index in [0.717, 1.165) is 11.4 Å². The molecule has 2 heterocycles. The van der Waals surface area contributed by atoms with E-state index in [9.17, 15) is 4.79 Å². The second-order valence-electron chi connectivity index (χ2n) is 3.80. The van der Waals surface area contributed by atoms with Gasteiger partial charge in [-0.25, -0.2) is 4.79 Å². The predicted octanol–water partition coefficient (Wildman–Crippen LogP) is 1.93. The van der Waals surface area contributed by atoms with E-state index >= 15 is 0 Å². The summed E-state index contributed by atoms with van der Waals surface area (Å²) in [5.74, 6) is -0.954. The lowest BCUT2D eigenvalue weighted by atomic mass is 10.3. The Morgan fingerprint density at radius 3 is 2.82 bits per heavy atom. The molecule has 2 aromatic heterocycles. The molecule has 0 bridgehead atoms. The normalized spacial score (nSPS) is 10.8. The molecule has 0 aliphatic heterocycles. The van der Waals surface area contributed by atoms with Gasteiger partial charge >= 0.3 is 5.97 Å². The van der Waals surface area contributed by atoms with Gasteiger partial charge in [0.15, 0.2) is 0 Å². The Balaban J connectivity index is 2.38. The van der Waals surface area contributed by atoms with Crippen molar-refractivity contribution in [3.63, 3.8) is 0 Å². The summed E-state index contributed by atoms with van der Waals surface area (Å²) in [6, 6.07) is 3.25. The minimum Gasteiger partial charge on any atom is -0.477 e. The average molecular weight is 254 g/mol. The SMILES string of the molecule is Cc1nn(C)c(Cn2cccc2C(=O)O)c1Cl. The molecule has 0 aliphatic rings. The van der Waals surface area contributed by atoms with E-state index in [1.54, 1.807) is 34.6 Å². The summed E-state index contributed by atoms with van der Waals surface area (Å²) in [5, 5.41) is 13.8. The van der Waals surface area contributed by atoms with Crippen molar-refractivity contribution in [1.29, 1.82) is 0 Å². The Morgan fingerprint density at radius 2 is 2.29 bits per heavy atom. The maximum atomic E-state index is 11.0. The minimum atomic E-state index is -0.954. The summed E-state index contributed by atoms with van der Waals surface area (Å²) in [4.78, 5) is 11.0. The van der Waals surface area contributed by atoms with Crippen molar-refractivity contribution in [2.75, 3.05) is 0 Å². The van der Waals surface area contributed by atoms with E-state index in [2.05, 4.69) is 5.10 Å². The Bertz CT molecular complexity index is 571. The van der Waals surface area contributed by atoms with Gasteiger partial charge in [-0.15, -0.1) is 0 Å². The molecule has 2 rings (SSSR count). The van der Waals surface area contributed by atoms with Crippen LogP contribution < -0.4 is 0 Å². The largest absolute Gasteiger partial charge is 0.477 e. The van der Waals surface area contributed by atoms with Crippen LogP contribution in [0.3, 0.4) is 0 Å². The first-order valence-corrected chi connectivity index (χ1v) is 5.45. The summed E-state index contributed by atoms with van der Waals surface area (Å²) in [6.07, 6.45) is 1.71. The molecular weight excluding hydrogens is 242 g/mol. The number of nitrogens with zero attached hydrogens (tertiary/aromatic N) is 3. The Kier molecular flexibility index (Phi) is 2.93. The standard InChI is InChI=1S/C11H12ClN3O2/c1-7-10(12)9(14(2)13-7)6-15-5-3-4-8(15)11(16)17/h3-5H,6H2,1-2H3,(H,16,17). The number of aryl methyl sites for hydroxylation is 2. The van der Waals surface area contributed by atoms with Crippen molar-refractivity contribution in [1.82, 2.24) is 14.3 Å². The van der Waals surface area contributed by atoms with Gasteiger partial charge in [-0.2, -0.15) is 5.10 Å². The summed E-state index contributed by atoms with van der Waals surface area (Å²) >= 11 is 6.12. The molecule has 0 radical (unpaired) electrons. The molecular formula is C11H12ClN3O2.